The molecule has 0 atom stereocenters. The highest BCUT2D eigenvalue weighted by molar-refractivity contribution is 5.67. The van der Waals surface area contributed by atoms with Gasteiger partial charge in [-0.1, -0.05) is 38.1 Å². The summed E-state index contributed by atoms with van der Waals surface area (Å²) in [5.41, 5.74) is 6.57. The van der Waals surface area contributed by atoms with E-state index in [9.17, 15) is 0 Å². The van der Waals surface area contributed by atoms with Gasteiger partial charge in [0.25, 0.3) is 0 Å². The van der Waals surface area contributed by atoms with Gasteiger partial charge in [-0.05, 0) is 36.5 Å². The number of aryl methyl sites for hydroxylation is 1. The summed E-state index contributed by atoms with van der Waals surface area (Å²) in [4.78, 5) is 5.34. The van der Waals surface area contributed by atoms with Crippen LogP contribution >= 0.6 is 0 Å². The highest BCUT2D eigenvalue weighted by atomic mass is 16.6. The van der Waals surface area contributed by atoms with Gasteiger partial charge in [0.05, 0.1) is 0 Å². The fourth-order valence-corrected chi connectivity index (χ4v) is 1.81. The molecule has 0 saturated carbocycles. The van der Waals surface area contributed by atoms with Gasteiger partial charge in [-0.25, -0.2) is 0 Å². The normalized spacial score (nSPS) is 12.2. The van der Waals surface area contributed by atoms with Gasteiger partial charge < -0.3 is 4.84 Å². The number of rotatable bonds is 5. The zero-order chi connectivity index (χ0) is 12.0. The zero-order valence-electron chi connectivity index (χ0n) is 10.6. The molecule has 0 bridgehead atoms. The molecule has 0 saturated heterocycles. The number of hydrogen-bond donors (Lipinski definition) is 1. The Morgan fingerprint density at radius 3 is 2.25 bits per heavy atom. The topological polar surface area (TPSA) is 21.3 Å². The predicted octanol–water partition coefficient (Wildman–Crippen LogP) is 3.54. The monoisotopic (exact) mass is 219 g/mol. The molecule has 88 valence electrons. The molecule has 1 aromatic carbocycles. The summed E-state index contributed by atoms with van der Waals surface area (Å²) in [7, 11) is 1.77. The van der Waals surface area contributed by atoms with Crippen LogP contribution in [0.15, 0.2) is 30.0 Å². The first-order valence-corrected chi connectivity index (χ1v) is 5.85. The maximum absolute atomic E-state index is 5.34. The van der Waals surface area contributed by atoms with E-state index in [-0.39, 0.29) is 0 Å². The van der Waals surface area contributed by atoms with E-state index < -0.39 is 0 Å². The van der Waals surface area contributed by atoms with Crippen LogP contribution in [0.4, 0.5) is 0 Å². The minimum absolute atomic E-state index is 0.939. The quantitative estimate of drug-likeness (QED) is 0.604. The predicted molar refractivity (Wildman–Crippen MR) is 68.8 cm³/mol. The molecule has 0 spiro atoms. The van der Waals surface area contributed by atoms with Crippen LogP contribution in [0.25, 0.3) is 5.57 Å². The Kier molecular flexibility index (Phi) is 5.06. The van der Waals surface area contributed by atoms with E-state index in [0.717, 1.165) is 18.6 Å². The lowest BCUT2D eigenvalue weighted by Gasteiger charge is -2.11. The van der Waals surface area contributed by atoms with E-state index in [4.69, 9.17) is 4.84 Å². The Hall–Kier alpha value is -1.28. The van der Waals surface area contributed by atoms with Crippen molar-refractivity contribution in [2.75, 3.05) is 7.05 Å². The first kappa shape index (κ1) is 12.8. The van der Waals surface area contributed by atoms with Gasteiger partial charge in [0.15, 0.2) is 0 Å². The summed E-state index contributed by atoms with van der Waals surface area (Å²) in [5.74, 6) is 0.939. The molecule has 0 unspecified atom stereocenters. The third kappa shape index (κ3) is 3.11. The third-order valence-corrected chi connectivity index (χ3v) is 2.74. The molecule has 0 amide bonds. The van der Waals surface area contributed by atoms with Crippen LogP contribution in [-0.2, 0) is 11.3 Å². The van der Waals surface area contributed by atoms with E-state index in [0.29, 0.717) is 0 Å². The highest BCUT2D eigenvalue weighted by Crippen LogP contribution is 2.22. The van der Waals surface area contributed by atoms with Crippen molar-refractivity contribution in [3.8, 4) is 0 Å². The molecule has 1 aromatic rings. The second-order valence-electron chi connectivity index (χ2n) is 3.74. The van der Waals surface area contributed by atoms with E-state index in [2.05, 4.69) is 43.6 Å². The Labute approximate surface area is 98.3 Å². The van der Waals surface area contributed by atoms with Crippen molar-refractivity contribution in [3.05, 3.63) is 41.2 Å². The Morgan fingerprint density at radius 1 is 1.19 bits per heavy atom. The molecule has 0 heterocycles. The van der Waals surface area contributed by atoms with Crippen molar-refractivity contribution in [2.24, 2.45) is 0 Å². The van der Waals surface area contributed by atoms with Gasteiger partial charge in [0, 0.05) is 7.05 Å². The average molecular weight is 219 g/mol. The maximum atomic E-state index is 5.34. The molecule has 16 heavy (non-hydrogen) atoms. The van der Waals surface area contributed by atoms with Gasteiger partial charge in [0.2, 0.25) is 0 Å². The second kappa shape index (κ2) is 6.33. The van der Waals surface area contributed by atoms with Crippen LogP contribution in [0, 0.1) is 0 Å². The number of allylic oxidation sites excluding steroid dienone is 2. The van der Waals surface area contributed by atoms with Crippen LogP contribution < -0.4 is 5.48 Å². The average Bonchev–Trinajstić information content (AvgIpc) is 2.31. The molecular formula is C14H21NO. The number of hydroxylamine groups is 1. The molecule has 0 radical (unpaired) electrons. The first-order valence-electron chi connectivity index (χ1n) is 5.85. The molecule has 0 aliphatic rings. The zero-order valence-corrected chi connectivity index (χ0v) is 10.6. The fraction of sp³-hybridized carbons (Fsp3) is 0.429. The number of nitrogens with one attached hydrogen (secondary N) is 1. The number of hydrogen-bond acceptors (Lipinski definition) is 2. The smallest absolute Gasteiger partial charge is 0.124 e. The van der Waals surface area contributed by atoms with Crippen LogP contribution in [0.1, 0.15) is 38.3 Å². The molecular weight excluding hydrogens is 198 g/mol. The van der Waals surface area contributed by atoms with E-state index in [1.807, 2.05) is 6.92 Å². The molecule has 0 fully saturated rings. The SMILES string of the molecule is CC/C(=C(/C)ONC)c1ccc(CC)cc1. The summed E-state index contributed by atoms with van der Waals surface area (Å²) >= 11 is 0. The molecule has 0 aromatic heterocycles. The molecule has 2 nitrogen and oxygen atoms in total. The third-order valence-electron chi connectivity index (χ3n) is 2.74. The second-order valence-corrected chi connectivity index (χ2v) is 3.74. The lowest BCUT2D eigenvalue weighted by Crippen LogP contribution is -2.06. The molecule has 2 heteroatoms. The Balaban J connectivity index is 2.99. The van der Waals surface area contributed by atoms with Crippen molar-refractivity contribution in [3.63, 3.8) is 0 Å². The van der Waals surface area contributed by atoms with Crippen molar-refractivity contribution < 1.29 is 4.84 Å². The van der Waals surface area contributed by atoms with Crippen LogP contribution in [0.2, 0.25) is 0 Å². The van der Waals surface area contributed by atoms with E-state index in [1.54, 1.807) is 7.05 Å². The van der Waals surface area contributed by atoms with Gasteiger partial charge in [-0.2, -0.15) is 5.48 Å². The van der Waals surface area contributed by atoms with Gasteiger partial charge in [0.1, 0.15) is 5.76 Å². The fourth-order valence-electron chi connectivity index (χ4n) is 1.81. The molecule has 0 aliphatic carbocycles. The van der Waals surface area contributed by atoms with Crippen molar-refractivity contribution in [1.29, 1.82) is 0 Å². The summed E-state index contributed by atoms with van der Waals surface area (Å²) in [6.45, 7) is 6.30. The van der Waals surface area contributed by atoms with Crippen molar-refractivity contribution in [2.45, 2.75) is 33.6 Å². The van der Waals surface area contributed by atoms with Crippen LogP contribution in [0.3, 0.4) is 0 Å². The molecule has 1 rings (SSSR count). The minimum atomic E-state index is 0.939. The highest BCUT2D eigenvalue weighted by Gasteiger charge is 2.05. The Morgan fingerprint density at radius 2 is 1.81 bits per heavy atom. The van der Waals surface area contributed by atoms with Gasteiger partial charge >= 0.3 is 0 Å². The molecule has 0 aliphatic heterocycles. The number of benzene rings is 1. The minimum Gasteiger partial charge on any atom is -0.413 e. The Bertz CT molecular complexity index is 352. The summed E-state index contributed by atoms with van der Waals surface area (Å²) < 4.78 is 0. The van der Waals surface area contributed by atoms with E-state index >= 15 is 0 Å². The van der Waals surface area contributed by atoms with Crippen molar-refractivity contribution >= 4 is 5.57 Å². The standard InChI is InChI=1S/C14H21NO/c1-5-12-7-9-13(10-8-12)14(6-2)11(3)16-15-4/h7-10,15H,5-6H2,1-4H3/b14-11+. The van der Waals surface area contributed by atoms with Gasteiger partial charge in [-0.3, -0.25) is 0 Å². The van der Waals surface area contributed by atoms with Crippen molar-refractivity contribution in [1.82, 2.24) is 5.48 Å². The summed E-state index contributed by atoms with van der Waals surface area (Å²) in [6, 6.07) is 8.69. The summed E-state index contributed by atoms with van der Waals surface area (Å²) in [5, 5.41) is 0. The first-order chi connectivity index (χ1) is 7.72. The van der Waals surface area contributed by atoms with Crippen LogP contribution in [0.5, 0.6) is 0 Å². The summed E-state index contributed by atoms with van der Waals surface area (Å²) in [6.07, 6.45) is 2.05. The van der Waals surface area contributed by atoms with Gasteiger partial charge in [-0.15, -0.1) is 0 Å². The lowest BCUT2D eigenvalue weighted by molar-refractivity contribution is 0.129. The lowest BCUT2D eigenvalue weighted by atomic mass is 10.0. The largest absolute Gasteiger partial charge is 0.413 e. The van der Waals surface area contributed by atoms with Crippen LogP contribution in [-0.4, -0.2) is 7.05 Å². The van der Waals surface area contributed by atoms with E-state index in [1.165, 1.54) is 16.7 Å². The molecule has 1 N–H and O–H groups in total. The maximum Gasteiger partial charge on any atom is 0.124 e.